The van der Waals surface area contributed by atoms with E-state index in [0.717, 1.165) is 41.9 Å². The van der Waals surface area contributed by atoms with E-state index in [1.54, 1.807) is 12.1 Å². The molecule has 3 aromatic rings. The van der Waals surface area contributed by atoms with Gasteiger partial charge in [-0.2, -0.15) is 0 Å². The Kier molecular flexibility index (Phi) is 4.30. The van der Waals surface area contributed by atoms with E-state index >= 15 is 0 Å². The largest absolute Gasteiger partial charge is 0.344 e. The average molecular weight is 357 g/mol. The van der Waals surface area contributed by atoms with Gasteiger partial charge in [-0.1, -0.05) is 23.7 Å². The highest BCUT2D eigenvalue weighted by Gasteiger charge is 2.26. The van der Waals surface area contributed by atoms with Crippen molar-refractivity contribution in [1.29, 1.82) is 0 Å². The molecule has 2 aromatic carbocycles. The smallest absolute Gasteiger partial charge is 0.123 e. The van der Waals surface area contributed by atoms with Crippen LogP contribution in [0.15, 0.2) is 42.5 Å². The van der Waals surface area contributed by atoms with Crippen LogP contribution in [0.25, 0.3) is 10.9 Å². The Bertz CT molecular complexity index is 914. The maximum absolute atomic E-state index is 13.8. The molecule has 0 spiro atoms. The van der Waals surface area contributed by atoms with E-state index in [-0.39, 0.29) is 5.82 Å². The molecule has 4 heteroatoms. The molecule has 1 unspecified atom stereocenters. The minimum atomic E-state index is -0.161. The molecule has 1 atom stereocenters. The number of benzene rings is 2. The average Bonchev–Trinajstić information content (AvgIpc) is 2.87. The molecule has 1 aliphatic rings. The van der Waals surface area contributed by atoms with E-state index in [2.05, 4.69) is 35.6 Å². The summed E-state index contributed by atoms with van der Waals surface area (Å²) in [5.74, 6) is -0.161. The summed E-state index contributed by atoms with van der Waals surface area (Å²) in [6, 6.07) is 13.7. The fraction of sp³-hybridized carbons (Fsp3) is 0.333. The summed E-state index contributed by atoms with van der Waals surface area (Å²) in [4.78, 5) is 2.34. The summed E-state index contributed by atoms with van der Waals surface area (Å²) < 4.78 is 16.2. The molecule has 0 saturated carbocycles. The number of hydrogen-bond donors (Lipinski definition) is 0. The third kappa shape index (κ3) is 3.07. The molecule has 0 saturated heterocycles. The van der Waals surface area contributed by atoms with Gasteiger partial charge in [0, 0.05) is 47.2 Å². The van der Waals surface area contributed by atoms with Gasteiger partial charge in [0.1, 0.15) is 5.82 Å². The summed E-state index contributed by atoms with van der Waals surface area (Å²) in [7, 11) is 2.14. The lowest BCUT2D eigenvalue weighted by Gasteiger charge is -2.31. The van der Waals surface area contributed by atoms with Gasteiger partial charge in [-0.3, -0.25) is 4.90 Å². The van der Waals surface area contributed by atoms with Crippen molar-refractivity contribution in [3.63, 3.8) is 0 Å². The Morgan fingerprint density at radius 3 is 2.68 bits per heavy atom. The molecular formula is C21H22ClFN2. The molecule has 0 amide bonds. The summed E-state index contributed by atoms with van der Waals surface area (Å²) in [5, 5.41) is 1.82. The van der Waals surface area contributed by atoms with Crippen LogP contribution < -0.4 is 0 Å². The molecule has 4 rings (SSSR count). The van der Waals surface area contributed by atoms with Gasteiger partial charge < -0.3 is 4.57 Å². The van der Waals surface area contributed by atoms with Gasteiger partial charge in [0.2, 0.25) is 0 Å². The predicted molar refractivity (Wildman–Crippen MR) is 102 cm³/mol. The standard InChI is InChI=1S/C21H22ClFN2/c1-14-11-21-19(13-24(14)2)18-12-17(23)7-8-20(18)25(21)10-9-15-3-5-16(22)6-4-15/h3-8,12,14H,9-11,13H2,1-2H3. The zero-order valence-electron chi connectivity index (χ0n) is 14.6. The minimum absolute atomic E-state index is 0.161. The van der Waals surface area contributed by atoms with Gasteiger partial charge in [0.15, 0.2) is 0 Å². The summed E-state index contributed by atoms with van der Waals surface area (Å²) in [6.45, 7) is 4.03. The molecule has 0 aliphatic carbocycles. The van der Waals surface area contributed by atoms with Crippen LogP contribution in [0.5, 0.6) is 0 Å². The highest BCUT2D eigenvalue weighted by atomic mass is 35.5. The van der Waals surface area contributed by atoms with E-state index in [1.165, 1.54) is 16.8 Å². The van der Waals surface area contributed by atoms with Crippen molar-refractivity contribution in [3.05, 3.63) is 70.1 Å². The first-order valence-corrected chi connectivity index (χ1v) is 9.15. The Morgan fingerprint density at radius 1 is 1.16 bits per heavy atom. The van der Waals surface area contributed by atoms with Gasteiger partial charge >= 0.3 is 0 Å². The zero-order chi connectivity index (χ0) is 17.6. The number of rotatable bonds is 3. The van der Waals surface area contributed by atoms with Gasteiger partial charge in [-0.15, -0.1) is 0 Å². The molecule has 25 heavy (non-hydrogen) atoms. The van der Waals surface area contributed by atoms with E-state index in [1.807, 2.05) is 18.2 Å². The first-order valence-electron chi connectivity index (χ1n) is 8.77. The van der Waals surface area contributed by atoms with Crippen LogP contribution in [0.3, 0.4) is 0 Å². The topological polar surface area (TPSA) is 8.17 Å². The molecule has 1 aliphatic heterocycles. The van der Waals surface area contributed by atoms with Gasteiger partial charge in [0.25, 0.3) is 0 Å². The first-order chi connectivity index (χ1) is 12.0. The first kappa shape index (κ1) is 16.6. The lowest BCUT2D eigenvalue weighted by atomic mass is 10.00. The Labute approximate surface area is 152 Å². The quantitative estimate of drug-likeness (QED) is 0.637. The molecule has 1 aromatic heterocycles. The molecule has 0 fully saturated rings. The van der Waals surface area contributed by atoms with Crippen molar-refractivity contribution in [2.75, 3.05) is 7.05 Å². The number of aryl methyl sites for hydroxylation is 2. The van der Waals surface area contributed by atoms with Crippen molar-refractivity contribution in [2.24, 2.45) is 0 Å². The van der Waals surface area contributed by atoms with Gasteiger partial charge in [-0.05, 0) is 61.9 Å². The van der Waals surface area contributed by atoms with Crippen LogP contribution in [-0.4, -0.2) is 22.6 Å². The van der Waals surface area contributed by atoms with Crippen molar-refractivity contribution in [2.45, 2.75) is 38.9 Å². The third-order valence-corrected chi connectivity index (χ3v) is 5.69. The van der Waals surface area contributed by atoms with Crippen LogP contribution in [0.4, 0.5) is 4.39 Å². The Morgan fingerprint density at radius 2 is 1.92 bits per heavy atom. The van der Waals surface area contributed by atoms with Crippen molar-refractivity contribution >= 4 is 22.5 Å². The van der Waals surface area contributed by atoms with Crippen LogP contribution in [0.2, 0.25) is 5.02 Å². The SMILES string of the molecule is CC1Cc2c(c3cc(F)ccc3n2CCc2ccc(Cl)cc2)CN1C. The molecule has 2 heterocycles. The number of likely N-dealkylation sites (N-methyl/N-ethyl adjacent to an activating group) is 1. The third-order valence-electron chi connectivity index (χ3n) is 5.43. The molecule has 130 valence electrons. The van der Waals surface area contributed by atoms with E-state index in [4.69, 9.17) is 11.6 Å². The van der Waals surface area contributed by atoms with Crippen molar-refractivity contribution in [3.8, 4) is 0 Å². The number of aromatic nitrogens is 1. The van der Waals surface area contributed by atoms with E-state index in [9.17, 15) is 4.39 Å². The normalized spacial score (nSPS) is 17.8. The second kappa shape index (κ2) is 6.47. The predicted octanol–water partition coefficient (Wildman–Crippen LogP) is 5.05. The number of halogens is 2. The second-order valence-electron chi connectivity index (χ2n) is 7.08. The molecular weight excluding hydrogens is 335 g/mol. The number of fused-ring (bicyclic) bond motifs is 3. The summed E-state index contributed by atoms with van der Waals surface area (Å²) in [6.07, 6.45) is 1.94. The van der Waals surface area contributed by atoms with Crippen LogP contribution >= 0.6 is 11.6 Å². The van der Waals surface area contributed by atoms with Crippen LogP contribution in [0, 0.1) is 5.82 Å². The fourth-order valence-corrected chi connectivity index (χ4v) is 3.97. The number of nitrogens with zero attached hydrogens (tertiary/aromatic N) is 2. The van der Waals surface area contributed by atoms with Gasteiger partial charge in [0.05, 0.1) is 0 Å². The maximum Gasteiger partial charge on any atom is 0.123 e. The highest BCUT2D eigenvalue weighted by Crippen LogP contribution is 2.33. The summed E-state index contributed by atoms with van der Waals surface area (Å²) in [5.41, 5.74) is 5.05. The summed E-state index contributed by atoms with van der Waals surface area (Å²) >= 11 is 5.98. The van der Waals surface area contributed by atoms with Crippen LogP contribution in [-0.2, 0) is 25.9 Å². The fourth-order valence-electron chi connectivity index (χ4n) is 3.85. The second-order valence-corrected chi connectivity index (χ2v) is 7.52. The minimum Gasteiger partial charge on any atom is -0.344 e. The highest BCUT2D eigenvalue weighted by molar-refractivity contribution is 6.30. The van der Waals surface area contributed by atoms with Crippen LogP contribution in [0.1, 0.15) is 23.7 Å². The monoisotopic (exact) mass is 356 g/mol. The lowest BCUT2D eigenvalue weighted by Crippen LogP contribution is -2.35. The molecule has 0 radical (unpaired) electrons. The van der Waals surface area contributed by atoms with Gasteiger partial charge in [-0.25, -0.2) is 4.39 Å². The maximum atomic E-state index is 13.8. The van der Waals surface area contributed by atoms with E-state index in [0.29, 0.717) is 6.04 Å². The number of hydrogen-bond acceptors (Lipinski definition) is 1. The molecule has 2 nitrogen and oxygen atoms in total. The van der Waals surface area contributed by atoms with E-state index < -0.39 is 0 Å². The molecule has 0 bridgehead atoms. The molecule has 0 N–H and O–H groups in total. The van der Waals surface area contributed by atoms with Crippen molar-refractivity contribution < 1.29 is 4.39 Å². The van der Waals surface area contributed by atoms with Crippen molar-refractivity contribution in [1.82, 2.24) is 9.47 Å². The zero-order valence-corrected chi connectivity index (χ0v) is 15.4. The Hall–Kier alpha value is -1.84. The Balaban J connectivity index is 1.74. The lowest BCUT2D eigenvalue weighted by molar-refractivity contribution is 0.228.